The zero-order valence-electron chi connectivity index (χ0n) is 8.57. The summed E-state index contributed by atoms with van der Waals surface area (Å²) in [7, 11) is 0. The van der Waals surface area contributed by atoms with Crippen molar-refractivity contribution < 1.29 is 13.7 Å². The summed E-state index contributed by atoms with van der Waals surface area (Å²) in [5.41, 5.74) is -0.465. The minimum atomic E-state index is -2.98. The number of hydrogen-bond acceptors (Lipinski definition) is 4. The third-order valence-corrected chi connectivity index (χ3v) is 3.04. The molecule has 0 amide bonds. The summed E-state index contributed by atoms with van der Waals surface area (Å²) in [6.07, 6.45) is 0.536. The molecule has 1 unspecified atom stereocenters. The fourth-order valence-corrected chi connectivity index (χ4v) is 2.03. The summed E-state index contributed by atoms with van der Waals surface area (Å²) in [5.74, 6) is -2.98. The number of hydrogen-bond donors (Lipinski definition) is 1. The van der Waals surface area contributed by atoms with Crippen molar-refractivity contribution >= 4 is 17.3 Å². The van der Waals surface area contributed by atoms with Gasteiger partial charge in [0.1, 0.15) is 12.2 Å². The van der Waals surface area contributed by atoms with Gasteiger partial charge in [-0.3, -0.25) is 10.1 Å². The fraction of sp³-hybridized carbons (Fsp3) is 0.625. The van der Waals surface area contributed by atoms with Gasteiger partial charge in [-0.1, -0.05) is 11.6 Å². The second-order valence-electron chi connectivity index (χ2n) is 3.75. The first-order chi connectivity index (χ1) is 7.93. The van der Waals surface area contributed by atoms with E-state index in [0.29, 0.717) is 0 Å². The first-order valence-corrected chi connectivity index (χ1v) is 5.27. The molecule has 2 heterocycles. The van der Waals surface area contributed by atoms with Gasteiger partial charge >= 0.3 is 5.69 Å². The zero-order chi connectivity index (χ0) is 12.6. The molecule has 1 saturated heterocycles. The van der Waals surface area contributed by atoms with Crippen LogP contribution in [0.15, 0.2) is 6.20 Å². The first kappa shape index (κ1) is 12.2. The van der Waals surface area contributed by atoms with Crippen LogP contribution in [0.1, 0.15) is 12.5 Å². The predicted molar refractivity (Wildman–Crippen MR) is 55.4 cm³/mol. The van der Waals surface area contributed by atoms with E-state index in [1.54, 1.807) is 0 Å². The third kappa shape index (κ3) is 2.09. The van der Waals surface area contributed by atoms with Crippen molar-refractivity contribution in [2.45, 2.75) is 18.4 Å². The topological polar surface area (TPSA) is 73.0 Å². The highest BCUT2D eigenvalue weighted by Gasteiger charge is 2.45. The van der Waals surface area contributed by atoms with E-state index in [2.05, 4.69) is 10.4 Å². The Hall–Kier alpha value is -1.28. The van der Waals surface area contributed by atoms with E-state index in [4.69, 9.17) is 11.6 Å². The molecule has 6 nitrogen and oxygen atoms in total. The van der Waals surface area contributed by atoms with Gasteiger partial charge in [-0.25, -0.2) is 13.5 Å². The lowest BCUT2D eigenvalue weighted by Crippen LogP contribution is -2.46. The monoisotopic (exact) mass is 266 g/mol. The number of halogens is 3. The lowest BCUT2D eigenvalue weighted by Gasteiger charge is -2.31. The molecule has 0 aliphatic carbocycles. The van der Waals surface area contributed by atoms with Crippen LogP contribution in [0.2, 0.25) is 5.15 Å². The number of nitrogens with zero attached hydrogens (tertiary/aromatic N) is 3. The molecule has 0 aromatic carbocycles. The third-order valence-electron chi connectivity index (χ3n) is 2.67. The Kier molecular flexibility index (Phi) is 3.00. The van der Waals surface area contributed by atoms with E-state index >= 15 is 0 Å². The summed E-state index contributed by atoms with van der Waals surface area (Å²) in [4.78, 5) is 9.79. The van der Waals surface area contributed by atoms with E-state index < -0.39 is 22.6 Å². The quantitative estimate of drug-likeness (QED) is 0.652. The van der Waals surface area contributed by atoms with Crippen molar-refractivity contribution in [3.63, 3.8) is 0 Å². The molecule has 1 atom stereocenters. The number of nitro groups is 1. The van der Waals surface area contributed by atoms with Crippen molar-refractivity contribution in [2.75, 3.05) is 13.1 Å². The summed E-state index contributed by atoms with van der Waals surface area (Å²) < 4.78 is 28.0. The molecule has 9 heteroatoms. The normalized spacial score (nSPS) is 23.6. The van der Waals surface area contributed by atoms with E-state index in [0.717, 1.165) is 10.9 Å². The highest BCUT2D eigenvalue weighted by molar-refractivity contribution is 6.31. The Bertz CT molecular complexity index is 451. The van der Waals surface area contributed by atoms with E-state index in [9.17, 15) is 18.9 Å². The van der Waals surface area contributed by atoms with Crippen LogP contribution in [0.3, 0.4) is 0 Å². The van der Waals surface area contributed by atoms with Crippen LogP contribution in [-0.4, -0.2) is 33.7 Å². The number of aromatic nitrogens is 2. The maximum Gasteiger partial charge on any atom is 0.325 e. The van der Waals surface area contributed by atoms with E-state index in [1.165, 1.54) is 0 Å². The molecule has 2 rings (SSSR count). The number of nitrogens with one attached hydrogen (secondary N) is 1. The Morgan fingerprint density at radius 2 is 2.41 bits per heavy atom. The van der Waals surface area contributed by atoms with Gasteiger partial charge < -0.3 is 5.32 Å². The molecular formula is C8H9ClF2N4O2. The molecule has 94 valence electrons. The second kappa shape index (κ2) is 4.19. The molecule has 0 radical (unpaired) electrons. The molecule has 1 aliphatic rings. The van der Waals surface area contributed by atoms with Gasteiger partial charge in [0.2, 0.25) is 5.15 Å². The van der Waals surface area contributed by atoms with Crippen LogP contribution in [0.5, 0.6) is 0 Å². The molecule has 0 saturated carbocycles. The summed E-state index contributed by atoms with van der Waals surface area (Å²) in [6, 6.07) is -1.29. The molecule has 0 bridgehead atoms. The number of rotatable bonds is 2. The van der Waals surface area contributed by atoms with Crippen LogP contribution >= 0.6 is 11.6 Å². The molecule has 1 aromatic rings. The number of alkyl halides is 2. The van der Waals surface area contributed by atoms with Crippen molar-refractivity contribution in [3.05, 3.63) is 21.5 Å². The molecule has 0 spiro atoms. The van der Waals surface area contributed by atoms with Crippen LogP contribution < -0.4 is 5.32 Å². The van der Waals surface area contributed by atoms with Gasteiger partial charge in [0, 0.05) is 19.5 Å². The minimum absolute atomic E-state index is 0.0223. The van der Waals surface area contributed by atoms with E-state index in [1.807, 2.05) is 0 Å². The van der Waals surface area contributed by atoms with Crippen LogP contribution in [0.4, 0.5) is 14.5 Å². The summed E-state index contributed by atoms with van der Waals surface area (Å²) >= 11 is 5.68. The highest BCUT2D eigenvalue weighted by Crippen LogP contribution is 2.37. The van der Waals surface area contributed by atoms with Gasteiger partial charge in [-0.05, 0) is 0 Å². The maximum atomic E-state index is 13.6. The highest BCUT2D eigenvalue weighted by atomic mass is 35.5. The smallest absolute Gasteiger partial charge is 0.314 e. The largest absolute Gasteiger partial charge is 0.325 e. The van der Waals surface area contributed by atoms with Gasteiger partial charge in [-0.15, -0.1) is 0 Å². The van der Waals surface area contributed by atoms with E-state index in [-0.39, 0.29) is 24.7 Å². The van der Waals surface area contributed by atoms with Crippen molar-refractivity contribution in [1.29, 1.82) is 0 Å². The van der Waals surface area contributed by atoms with Crippen LogP contribution in [0, 0.1) is 10.1 Å². The molecule has 17 heavy (non-hydrogen) atoms. The first-order valence-electron chi connectivity index (χ1n) is 4.89. The second-order valence-corrected chi connectivity index (χ2v) is 4.11. The molecule has 1 N–H and O–H groups in total. The SMILES string of the molecule is O=[N+]([O-])c1cnn(C2CNCCC2(F)F)c1Cl. The zero-order valence-corrected chi connectivity index (χ0v) is 9.32. The van der Waals surface area contributed by atoms with Gasteiger partial charge in [0.05, 0.1) is 4.92 Å². The van der Waals surface area contributed by atoms with Gasteiger partial charge in [0.15, 0.2) is 0 Å². The lowest BCUT2D eigenvalue weighted by atomic mass is 10.0. The Morgan fingerprint density at radius 3 is 2.94 bits per heavy atom. The lowest BCUT2D eigenvalue weighted by molar-refractivity contribution is -0.384. The predicted octanol–water partition coefficient (Wildman–Crippen LogP) is 1.61. The standard InChI is InChI=1S/C8H9ClF2N4O2/c9-7-5(15(16)17)3-13-14(7)6-4-12-2-1-8(6,10)11/h3,6,12H,1-2,4H2. The average molecular weight is 267 g/mol. The number of piperidine rings is 1. The summed E-state index contributed by atoms with van der Waals surface area (Å²) in [6.45, 7) is 0.177. The van der Waals surface area contributed by atoms with Crippen LogP contribution in [0.25, 0.3) is 0 Å². The van der Waals surface area contributed by atoms with Gasteiger partial charge in [0.25, 0.3) is 5.92 Å². The fourth-order valence-electron chi connectivity index (χ4n) is 1.75. The van der Waals surface area contributed by atoms with Crippen molar-refractivity contribution in [3.8, 4) is 0 Å². The molecular weight excluding hydrogens is 258 g/mol. The molecule has 1 aromatic heterocycles. The van der Waals surface area contributed by atoms with Crippen LogP contribution in [-0.2, 0) is 0 Å². The van der Waals surface area contributed by atoms with Crippen molar-refractivity contribution in [1.82, 2.24) is 15.1 Å². The molecule has 1 aliphatic heterocycles. The minimum Gasteiger partial charge on any atom is -0.314 e. The summed E-state index contributed by atoms with van der Waals surface area (Å²) in [5, 5.41) is 16.5. The Morgan fingerprint density at radius 1 is 1.71 bits per heavy atom. The van der Waals surface area contributed by atoms with Gasteiger partial charge in [-0.2, -0.15) is 5.10 Å². The van der Waals surface area contributed by atoms with Crippen molar-refractivity contribution in [2.24, 2.45) is 0 Å². The molecule has 1 fully saturated rings. The Balaban J connectivity index is 2.36. The maximum absolute atomic E-state index is 13.6. The average Bonchev–Trinajstić information content (AvgIpc) is 2.59. The Labute approximate surface area is 99.7 Å².